The van der Waals surface area contributed by atoms with E-state index < -0.39 is 15.8 Å². The number of aliphatic hydroxyl groups excluding tert-OH is 1. The molecule has 0 saturated heterocycles. The standard InChI is InChI=1S/C12H15BrFNO3S/c13-8-1-6-12(11(14)7-8)19(17,18)15-9-2-4-10(16)5-3-9/h1,6-7,9-10,15-16H,2-5H2. The molecule has 0 heterocycles. The molecule has 0 aliphatic heterocycles. The normalized spacial score (nSPS) is 24.4. The number of hydrogen-bond donors (Lipinski definition) is 2. The molecule has 1 aliphatic carbocycles. The van der Waals surface area contributed by atoms with Crippen molar-refractivity contribution in [1.82, 2.24) is 4.72 Å². The summed E-state index contributed by atoms with van der Waals surface area (Å²) in [6.07, 6.45) is 1.91. The van der Waals surface area contributed by atoms with Crippen LogP contribution in [-0.4, -0.2) is 25.7 Å². The van der Waals surface area contributed by atoms with Crippen molar-refractivity contribution in [2.45, 2.75) is 42.7 Å². The maximum absolute atomic E-state index is 13.7. The molecule has 0 aromatic heterocycles. The van der Waals surface area contributed by atoms with E-state index in [0.29, 0.717) is 30.2 Å². The van der Waals surface area contributed by atoms with Gasteiger partial charge in [0.25, 0.3) is 0 Å². The molecule has 4 nitrogen and oxygen atoms in total. The van der Waals surface area contributed by atoms with Crippen molar-refractivity contribution >= 4 is 26.0 Å². The van der Waals surface area contributed by atoms with Crippen molar-refractivity contribution in [2.24, 2.45) is 0 Å². The van der Waals surface area contributed by atoms with Crippen molar-refractivity contribution in [2.75, 3.05) is 0 Å². The van der Waals surface area contributed by atoms with Gasteiger partial charge in [-0.2, -0.15) is 0 Å². The number of benzene rings is 1. The first-order valence-corrected chi connectivity index (χ1v) is 8.31. The highest BCUT2D eigenvalue weighted by molar-refractivity contribution is 9.10. The highest BCUT2D eigenvalue weighted by atomic mass is 79.9. The first kappa shape index (κ1) is 14.9. The Morgan fingerprint density at radius 1 is 1.26 bits per heavy atom. The van der Waals surface area contributed by atoms with Gasteiger partial charge < -0.3 is 5.11 Å². The molecule has 1 aromatic carbocycles. The van der Waals surface area contributed by atoms with E-state index in [1.54, 1.807) is 0 Å². The summed E-state index contributed by atoms with van der Waals surface area (Å²) in [5, 5.41) is 9.37. The van der Waals surface area contributed by atoms with Crippen molar-refractivity contribution in [3.63, 3.8) is 0 Å². The molecule has 2 rings (SSSR count). The maximum atomic E-state index is 13.7. The SMILES string of the molecule is O=S(=O)(NC1CCC(O)CC1)c1ccc(Br)cc1F. The van der Waals surface area contributed by atoms with Gasteiger partial charge in [-0.1, -0.05) is 15.9 Å². The fourth-order valence-corrected chi connectivity index (χ4v) is 3.87. The van der Waals surface area contributed by atoms with Crippen molar-refractivity contribution in [1.29, 1.82) is 0 Å². The van der Waals surface area contributed by atoms with Gasteiger partial charge in [0.1, 0.15) is 10.7 Å². The molecule has 0 radical (unpaired) electrons. The zero-order valence-corrected chi connectivity index (χ0v) is 12.5. The molecule has 1 aliphatic rings. The Hall–Kier alpha value is -0.500. The third-order valence-corrected chi connectivity index (χ3v) is 5.25. The third kappa shape index (κ3) is 3.75. The Balaban J connectivity index is 2.14. The molecule has 0 atom stereocenters. The molecule has 1 aromatic rings. The van der Waals surface area contributed by atoms with Gasteiger partial charge in [-0.15, -0.1) is 0 Å². The maximum Gasteiger partial charge on any atom is 0.243 e. The summed E-state index contributed by atoms with van der Waals surface area (Å²) in [5.41, 5.74) is 0. The zero-order valence-electron chi connectivity index (χ0n) is 10.1. The second-order valence-electron chi connectivity index (χ2n) is 4.70. The fraction of sp³-hybridized carbons (Fsp3) is 0.500. The van der Waals surface area contributed by atoms with Crippen LogP contribution < -0.4 is 4.72 Å². The lowest BCUT2D eigenvalue weighted by molar-refractivity contribution is 0.120. The monoisotopic (exact) mass is 351 g/mol. The topological polar surface area (TPSA) is 66.4 Å². The van der Waals surface area contributed by atoms with E-state index in [1.807, 2.05) is 0 Å². The first-order valence-electron chi connectivity index (χ1n) is 6.04. The van der Waals surface area contributed by atoms with Gasteiger partial charge in [-0.3, -0.25) is 0 Å². The minimum Gasteiger partial charge on any atom is -0.393 e. The van der Waals surface area contributed by atoms with Crippen molar-refractivity contribution in [3.05, 3.63) is 28.5 Å². The van der Waals surface area contributed by atoms with Gasteiger partial charge in [0, 0.05) is 10.5 Å². The van der Waals surface area contributed by atoms with E-state index in [2.05, 4.69) is 20.7 Å². The van der Waals surface area contributed by atoms with Crippen LogP contribution >= 0.6 is 15.9 Å². The molecule has 0 amide bonds. The Kier molecular flexibility index (Phi) is 4.60. The van der Waals surface area contributed by atoms with E-state index >= 15 is 0 Å². The van der Waals surface area contributed by atoms with E-state index in [0.717, 1.165) is 6.07 Å². The lowest BCUT2D eigenvalue weighted by Crippen LogP contribution is -2.38. The second-order valence-corrected chi connectivity index (χ2v) is 7.30. The van der Waals surface area contributed by atoms with Crippen LogP contribution in [0.3, 0.4) is 0 Å². The quantitative estimate of drug-likeness (QED) is 0.876. The van der Waals surface area contributed by atoms with Gasteiger partial charge in [-0.25, -0.2) is 17.5 Å². The molecule has 0 bridgehead atoms. The molecule has 106 valence electrons. The largest absolute Gasteiger partial charge is 0.393 e. The van der Waals surface area contributed by atoms with E-state index in [4.69, 9.17) is 0 Å². The van der Waals surface area contributed by atoms with Crippen LogP contribution in [0.5, 0.6) is 0 Å². The lowest BCUT2D eigenvalue weighted by atomic mass is 9.94. The molecule has 7 heteroatoms. The van der Waals surface area contributed by atoms with Crippen LogP contribution in [0.2, 0.25) is 0 Å². The zero-order chi connectivity index (χ0) is 14.0. The minimum atomic E-state index is -3.85. The summed E-state index contributed by atoms with van der Waals surface area (Å²) >= 11 is 3.09. The summed E-state index contributed by atoms with van der Waals surface area (Å²) in [7, 11) is -3.85. The van der Waals surface area contributed by atoms with Gasteiger partial charge in [0.05, 0.1) is 6.10 Å². The Morgan fingerprint density at radius 2 is 1.89 bits per heavy atom. The molecule has 2 N–H and O–H groups in total. The molecular weight excluding hydrogens is 337 g/mol. The van der Waals surface area contributed by atoms with Gasteiger partial charge >= 0.3 is 0 Å². The summed E-state index contributed by atoms with van der Waals surface area (Å²) < 4.78 is 40.8. The molecule has 0 unspecified atom stereocenters. The van der Waals surface area contributed by atoms with Crippen LogP contribution in [0.25, 0.3) is 0 Å². The van der Waals surface area contributed by atoms with Crippen LogP contribution in [0.4, 0.5) is 4.39 Å². The Labute approximate surface area is 120 Å². The first-order chi connectivity index (χ1) is 8.88. The van der Waals surface area contributed by atoms with Gasteiger partial charge in [0.2, 0.25) is 10.0 Å². The molecule has 1 saturated carbocycles. The molecular formula is C12H15BrFNO3S. The average Bonchev–Trinajstić information content (AvgIpc) is 2.31. The van der Waals surface area contributed by atoms with Crippen molar-refractivity contribution in [3.8, 4) is 0 Å². The summed E-state index contributed by atoms with van der Waals surface area (Å²) in [6.45, 7) is 0. The van der Waals surface area contributed by atoms with Gasteiger partial charge in [-0.05, 0) is 43.9 Å². The summed E-state index contributed by atoms with van der Waals surface area (Å²) in [6, 6.07) is 3.61. The number of sulfonamides is 1. The molecule has 19 heavy (non-hydrogen) atoms. The Bertz CT molecular complexity index is 556. The smallest absolute Gasteiger partial charge is 0.243 e. The average molecular weight is 352 g/mol. The highest BCUT2D eigenvalue weighted by Crippen LogP contribution is 2.23. The molecule has 1 fully saturated rings. The lowest BCUT2D eigenvalue weighted by Gasteiger charge is -2.26. The van der Waals surface area contributed by atoms with E-state index in [9.17, 15) is 17.9 Å². The van der Waals surface area contributed by atoms with Crippen LogP contribution in [0.1, 0.15) is 25.7 Å². The number of aliphatic hydroxyl groups is 1. The molecule has 0 spiro atoms. The van der Waals surface area contributed by atoms with Gasteiger partial charge in [0.15, 0.2) is 0 Å². The summed E-state index contributed by atoms with van der Waals surface area (Å²) in [4.78, 5) is -0.346. The summed E-state index contributed by atoms with van der Waals surface area (Å²) in [5.74, 6) is -0.780. The van der Waals surface area contributed by atoms with Crippen LogP contribution in [0, 0.1) is 5.82 Å². The van der Waals surface area contributed by atoms with E-state index in [1.165, 1.54) is 12.1 Å². The van der Waals surface area contributed by atoms with E-state index in [-0.39, 0.29) is 17.0 Å². The van der Waals surface area contributed by atoms with Crippen LogP contribution in [-0.2, 0) is 10.0 Å². The number of hydrogen-bond acceptors (Lipinski definition) is 3. The predicted molar refractivity (Wildman–Crippen MR) is 72.7 cm³/mol. The predicted octanol–water partition coefficient (Wildman–Crippen LogP) is 2.17. The Morgan fingerprint density at radius 3 is 2.47 bits per heavy atom. The van der Waals surface area contributed by atoms with Crippen molar-refractivity contribution < 1.29 is 17.9 Å². The van der Waals surface area contributed by atoms with Crippen LogP contribution in [0.15, 0.2) is 27.6 Å². The highest BCUT2D eigenvalue weighted by Gasteiger charge is 2.26. The fourth-order valence-electron chi connectivity index (χ4n) is 2.17. The minimum absolute atomic E-state index is 0.239. The number of nitrogens with one attached hydrogen (secondary N) is 1. The second kappa shape index (κ2) is 5.87. The number of rotatable bonds is 3. The number of halogens is 2. The third-order valence-electron chi connectivity index (χ3n) is 3.20.